The molecule has 3 radical (unpaired) electrons. The van der Waals surface area contributed by atoms with Gasteiger partial charge >= 0.3 is 6.15 Å². The van der Waals surface area contributed by atoms with E-state index >= 15 is 0 Å². The summed E-state index contributed by atoms with van der Waals surface area (Å²) in [7, 11) is 0. The Morgan fingerprint density at radius 3 is 1.19 bits per heavy atom. The molecule has 0 aliphatic carbocycles. The zero-order valence-electron chi connectivity index (χ0n) is 20.8. The molecule has 183 valence electrons. The van der Waals surface area contributed by atoms with E-state index in [0.29, 0.717) is 17.2 Å². The first-order chi connectivity index (χ1) is 15.4. The van der Waals surface area contributed by atoms with Gasteiger partial charge in [0.05, 0.1) is 0 Å². The molecule has 15 heteroatoms. The van der Waals surface area contributed by atoms with Gasteiger partial charge in [0, 0.05) is 98.1 Å². The first-order valence-corrected chi connectivity index (χ1v) is 9.55. The van der Waals surface area contributed by atoms with Crippen molar-refractivity contribution in [1.82, 2.24) is 29.9 Å². The van der Waals surface area contributed by atoms with Crippen molar-refractivity contribution in [3.8, 4) is 0 Å². The van der Waals surface area contributed by atoms with Crippen molar-refractivity contribution in [3.63, 3.8) is 0 Å². The van der Waals surface area contributed by atoms with Gasteiger partial charge in [-0.3, -0.25) is 34.7 Å². The molecule has 0 spiro atoms. The number of thiocarbonyl (C=S) groups is 1. The fourth-order valence-corrected chi connectivity index (χ4v) is 2.16. The summed E-state index contributed by atoms with van der Waals surface area (Å²) in [6, 6.07) is 8.71. The number of primary amides is 1. The third kappa shape index (κ3) is 20.4. The van der Waals surface area contributed by atoms with Crippen LogP contribution in [-0.2, 0) is 108 Å². The second-order valence-electron chi connectivity index (χ2n) is 6.17. The van der Waals surface area contributed by atoms with Crippen LogP contribution in [-0.4, -0.2) is 47.0 Å². The van der Waals surface area contributed by atoms with Gasteiger partial charge in [0.1, 0.15) is 11.3 Å². The molecule has 3 rings (SSSR count). The summed E-state index contributed by atoms with van der Waals surface area (Å²) in [6.07, 6.45) is 1.79. The number of aryl methyl sites for hydroxylation is 6. The van der Waals surface area contributed by atoms with Gasteiger partial charge < -0.3 is 29.7 Å². The Morgan fingerprint density at radius 1 is 0.694 bits per heavy atom. The summed E-state index contributed by atoms with van der Waals surface area (Å²) in [5.74, 6) is -0.127. The van der Waals surface area contributed by atoms with Crippen molar-refractivity contribution >= 4 is 29.3 Å². The molecule has 0 atom stereocenters. The first kappa shape index (κ1) is 42.4. The van der Waals surface area contributed by atoms with E-state index in [1.165, 1.54) is 0 Å². The van der Waals surface area contributed by atoms with Crippen LogP contribution in [0.3, 0.4) is 0 Å². The molecular weight excluding hydrogens is 711 g/mol. The van der Waals surface area contributed by atoms with Crippen LogP contribution in [0.25, 0.3) is 0 Å². The van der Waals surface area contributed by atoms with Crippen molar-refractivity contribution < 1.29 is 113 Å². The molecule has 3 heterocycles. The van der Waals surface area contributed by atoms with Crippen molar-refractivity contribution in [3.05, 3.63) is 70.3 Å². The van der Waals surface area contributed by atoms with Crippen LogP contribution in [0.5, 0.6) is 0 Å². The molecule has 0 aromatic carbocycles. The maximum atomic E-state index is 10.6. The number of carbonyl (C=O) groups excluding carboxylic acids is 3. The Balaban J connectivity index is -0.000000196. The average molecular weight is 734 g/mol. The van der Waals surface area contributed by atoms with Gasteiger partial charge in [-0.05, 0) is 0 Å². The Labute approximate surface area is 291 Å². The van der Waals surface area contributed by atoms with E-state index in [2.05, 4.69) is 48.1 Å². The number of hydrogen-bond donors (Lipinski definition) is 2. The van der Waals surface area contributed by atoms with Crippen LogP contribution >= 0.6 is 12.2 Å². The summed E-state index contributed by atoms with van der Waals surface area (Å²) >= 11 is 4.72. The molecule has 4 N–H and O–H groups in total. The first-order valence-electron chi connectivity index (χ1n) is 9.15. The molecule has 3 aromatic heterocycles. The van der Waals surface area contributed by atoms with E-state index in [4.69, 9.17) is 33.3 Å². The number of carbonyl (C=O) groups is 1. The molecule has 0 saturated carbocycles. The fraction of sp³-hybridized carbons (Fsp3) is 0.286. The smallest absolute Gasteiger partial charge is 0.373 e. The van der Waals surface area contributed by atoms with Gasteiger partial charge in [-0.25, -0.2) is 0 Å². The summed E-state index contributed by atoms with van der Waals surface area (Å²) in [4.78, 5) is 50.4. The second kappa shape index (κ2) is 23.4. The van der Waals surface area contributed by atoms with Gasteiger partial charge in [0.25, 0.3) is 5.91 Å². The van der Waals surface area contributed by atoms with E-state index in [-0.39, 0.29) is 115 Å². The summed E-state index contributed by atoms with van der Waals surface area (Å²) in [5.41, 5.74) is 14.9. The van der Waals surface area contributed by atoms with E-state index in [9.17, 15) is 4.79 Å². The van der Waals surface area contributed by atoms with Gasteiger partial charge in [0.15, 0.2) is 5.82 Å². The molecule has 1 amide bonds. The Bertz CT molecular complexity index is 1030. The predicted octanol–water partition coefficient (Wildman–Crippen LogP) is 0.823. The predicted molar refractivity (Wildman–Crippen MR) is 120 cm³/mol. The topological polar surface area (TPSA) is 181 Å². The van der Waals surface area contributed by atoms with Crippen molar-refractivity contribution in [2.24, 2.45) is 11.5 Å². The van der Waals surface area contributed by atoms with E-state index < -0.39 is 5.91 Å². The normalized spacial score (nSPS) is 8.17. The average Bonchev–Trinajstić information content (AvgIpc) is 2.68. The summed E-state index contributed by atoms with van der Waals surface area (Å²) < 4.78 is 0. The Hall–Kier alpha value is -0.708. The zero-order valence-corrected chi connectivity index (χ0v) is 30.1. The molecule has 0 saturated heterocycles. The summed E-state index contributed by atoms with van der Waals surface area (Å²) in [5, 5.41) is 0. The van der Waals surface area contributed by atoms with Crippen LogP contribution in [0.1, 0.15) is 50.6 Å². The standard InChI is InChI=1S/C7H8N3O.C7H8N3S.C6H7N2.CO2.3Y/c2*1-4-3-5(2)10-7(9-4)6(8)11;1-5-3-6(2)8-4-7-5;2-1-3;;;/h2*1-2H3,(H2,8,11);4H,1-2H3;;;;/q3*-1;;;;. The number of rotatable bonds is 2. The monoisotopic (exact) mass is 734 g/mol. The Kier molecular flexibility index (Phi) is 27.6. The minimum Gasteiger partial charge on any atom is -0.427 e. The van der Waals surface area contributed by atoms with Crippen LogP contribution in [0.15, 0.2) is 6.33 Å². The number of amides is 1. The van der Waals surface area contributed by atoms with E-state index in [1.54, 1.807) is 20.2 Å². The third-order valence-corrected chi connectivity index (χ3v) is 3.31. The quantitative estimate of drug-likeness (QED) is 0.281. The van der Waals surface area contributed by atoms with Crippen molar-refractivity contribution in [2.45, 2.75) is 41.5 Å². The minimum atomic E-state index is -0.606. The van der Waals surface area contributed by atoms with Crippen LogP contribution in [0.2, 0.25) is 0 Å². The van der Waals surface area contributed by atoms with Gasteiger partial charge in [-0.1, -0.05) is 53.8 Å². The number of nitrogens with two attached hydrogens (primary N) is 2. The molecule has 0 unspecified atom stereocenters. The third-order valence-electron chi connectivity index (χ3n) is 3.12. The van der Waals surface area contributed by atoms with Crippen molar-refractivity contribution in [2.75, 3.05) is 0 Å². The molecule has 0 bridgehead atoms. The fourth-order valence-electron chi connectivity index (χ4n) is 2.07. The molecule has 0 aliphatic rings. The van der Waals surface area contributed by atoms with Gasteiger partial charge in [-0.15, -0.1) is 34.2 Å². The maximum Gasteiger partial charge on any atom is 0.373 e. The van der Waals surface area contributed by atoms with Crippen LogP contribution in [0.4, 0.5) is 0 Å². The second-order valence-corrected chi connectivity index (χ2v) is 6.61. The summed E-state index contributed by atoms with van der Waals surface area (Å²) in [6.45, 7) is 10.9. The minimum absolute atomic E-state index is 0. The molecule has 0 fully saturated rings. The largest absolute Gasteiger partial charge is 0.427 e. The Morgan fingerprint density at radius 2 is 0.972 bits per heavy atom. The van der Waals surface area contributed by atoms with E-state index in [0.717, 1.165) is 22.8 Å². The zero-order chi connectivity index (χ0) is 25.6. The van der Waals surface area contributed by atoms with Gasteiger partial charge in [0.2, 0.25) is 5.82 Å². The number of nitrogens with zero attached hydrogens (tertiary/aromatic N) is 6. The van der Waals surface area contributed by atoms with Crippen LogP contribution in [0, 0.1) is 59.7 Å². The molecular formula is C21H23N8O3SY3-3. The molecule has 0 aliphatic heterocycles. The van der Waals surface area contributed by atoms with Gasteiger partial charge in [-0.2, -0.15) is 9.59 Å². The van der Waals surface area contributed by atoms with E-state index in [1.807, 2.05) is 27.7 Å². The maximum absolute atomic E-state index is 10.6. The number of aromatic nitrogens is 6. The SMILES string of the molecule is Cc1[c-]c(C)nc(C(N)=O)n1.Cc1[c-]c(C)nc(C(N)=S)n1.Cc1[c-]c(C)ncn1.O=C=O.[Y].[Y].[Y]. The van der Waals surface area contributed by atoms with Crippen molar-refractivity contribution in [1.29, 1.82) is 0 Å². The molecule has 36 heavy (non-hydrogen) atoms. The molecule has 11 nitrogen and oxygen atoms in total. The van der Waals surface area contributed by atoms with Crippen LogP contribution < -0.4 is 11.5 Å². The molecule has 3 aromatic rings. The number of hydrogen-bond acceptors (Lipinski definition) is 10.